The van der Waals surface area contributed by atoms with Crippen molar-refractivity contribution in [3.8, 4) is 5.00 Å². The van der Waals surface area contributed by atoms with Crippen LogP contribution in [0.3, 0.4) is 0 Å². The minimum absolute atomic E-state index is 0.00123. The van der Waals surface area contributed by atoms with Crippen molar-refractivity contribution in [3.63, 3.8) is 0 Å². The number of amides is 1. The maximum absolute atomic E-state index is 12.4. The lowest BCUT2D eigenvalue weighted by atomic mass is 10.2. The first-order valence-electron chi connectivity index (χ1n) is 7.04. The van der Waals surface area contributed by atoms with Gasteiger partial charge < -0.3 is 9.64 Å². The van der Waals surface area contributed by atoms with Crippen LogP contribution in [0.1, 0.15) is 13.8 Å². The number of thiophene rings is 1. The van der Waals surface area contributed by atoms with Gasteiger partial charge in [0.1, 0.15) is 11.5 Å². The predicted molar refractivity (Wildman–Crippen MR) is 80.1 cm³/mol. The molecule has 118 valence electrons. The summed E-state index contributed by atoms with van der Waals surface area (Å²) in [7, 11) is 0. The van der Waals surface area contributed by atoms with Crippen molar-refractivity contribution in [3.05, 3.63) is 28.0 Å². The molecule has 1 fully saturated rings. The molecule has 3 heterocycles. The lowest BCUT2D eigenvalue weighted by Crippen LogP contribution is -2.51. The van der Waals surface area contributed by atoms with Crippen LogP contribution in [0.15, 0.2) is 22.3 Å². The predicted octanol–water partition coefficient (Wildman–Crippen LogP) is 0.126. The number of rotatable bonds is 3. The molecule has 8 nitrogen and oxygen atoms in total. The molecule has 2 aromatic rings. The van der Waals surface area contributed by atoms with Gasteiger partial charge in [0.15, 0.2) is 0 Å². The second-order valence-corrected chi connectivity index (χ2v) is 6.25. The zero-order valence-electron chi connectivity index (χ0n) is 12.4. The summed E-state index contributed by atoms with van der Waals surface area (Å²) >= 11 is 1.39. The van der Waals surface area contributed by atoms with Crippen LogP contribution in [0.4, 0.5) is 0 Å². The molecule has 0 aromatic carbocycles. The molecule has 0 saturated carbocycles. The van der Waals surface area contributed by atoms with Gasteiger partial charge in [0.05, 0.1) is 18.8 Å². The molecule has 0 bridgehead atoms. The molecule has 0 aliphatic carbocycles. The van der Waals surface area contributed by atoms with Crippen molar-refractivity contribution in [2.75, 3.05) is 13.2 Å². The second-order valence-electron chi connectivity index (χ2n) is 5.32. The monoisotopic (exact) mass is 323 g/mol. The highest BCUT2D eigenvalue weighted by molar-refractivity contribution is 7.12. The van der Waals surface area contributed by atoms with E-state index in [2.05, 4.69) is 10.4 Å². The molecule has 1 aliphatic heterocycles. The first-order valence-corrected chi connectivity index (χ1v) is 7.92. The summed E-state index contributed by atoms with van der Waals surface area (Å²) in [4.78, 5) is 26.4. The van der Waals surface area contributed by atoms with E-state index in [0.717, 1.165) is 4.68 Å². The summed E-state index contributed by atoms with van der Waals surface area (Å²) in [5, 5.41) is 10.1. The number of nitrogens with zero attached hydrogens (tertiary/aromatic N) is 5. The lowest BCUT2D eigenvalue weighted by molar-refractivity contribution is -0.144. The highest BCUT2D eigenvalue weighted by atomic mass is 32.1. The van der Waals surface area contributed by atoms with Crippen molar-refractivity contribution in [1.29, 1.82) is 0 Å². The molecule has 0 N–H and O–H groups in total. The minimum atomic E-state index is -0.412. The average molecular weight is 323 g/mol. The van der Waals surface area contributed by atoms with Gasteiger partial charge in [-0.3, -0.25) is 4.79 Å². The Morgan fingerprint density at radius 2 is 2.27 bits per heavy atom. The van der Waals surface area contributed by atoms with E-state index < -0.39 is 5.69 Å². The lowest BCUT2D eigenvalue weighted by Gasteiger charge is -2.36. The molecule has 2 atom stereocenters. The third-order valence-electron chi connectivity index (χ3n) is 3.57. The Labute approximate surface area is 130 Å². The fourth-order valence-corrected chi connectivity index (χ4v) is 3.04. The molecule has 1 aliphatic rings. The summed E-state index contributed by atoms with van der Waals surface area (Å²) in [6.07, 6.45) is -0.00123. The van der Waals surface area contributed by atoms with Crippen molar-refractivity contribution in [1.82, 2.24) is 24.7 Å². The third-order valence-corrected chi connectivity index (χ3v) is 4.41. The molecule has 0 unspecified atom stereocenters. The third kappa shape index (κ3) is 2.81. The number of hydrogen-bond acceptors (Lipinski definition) is 6. The molecular weight excluding hydrogens is 306 g/mol. The van der Waals surface area contributed by atoms with Gasteiger partial charge in [-0.15, -0.1) is 11.3 Å². The maximum atomic E-state index is 12.4. The van der Waals surface area contributed by atoms with Crippen molar-refractivity contribution in [2.45, 2.75) is 32.5 Å². The van der Waals surface area contributed by atoms with Crippen LogP contribution < -0.4 is 5.69 Å². The first-order chi connectivity index (χ1) is 10.6. The van der Waals surface area contributed by atoms with Crippen LogP contribution in [0.2, 0.25) is 0 Å². The fourth-order valence-electron chi connectivity index (χ4n) is 2.37. The molecular formula is C13H17N5O3S. The quantitative estimate of drug-likeness (QED) is 0.802. The molecule has 22 heavy (non-hydrogen) atoms. The van der Waals surface area contributed by atoms with E-state index in [1.54, 1.807) is 11.0 Å². The van der Waals surface area contributed by atoms with Gasteiger partial charge in [-0.25, -0.2) is 4.79 Å². The molecule has 3 rings (SSSR count). The normalized spacial score (nSPS) is 22.0. The van der Waals surface area contributed by atoms with Gasteiger partial charge in [0, 0.05) is 6.54 Å². The van der Waals surface area contributed by atoms with E-state index in [1.807, 2.05) is 25.3 Å². The zero-order valence-corrected chi connectivity index (χ0v) is 13.2. The molecule has 1 saturated heterocycles. The molecule has 0 spiro atoms. The van der Waals surface area contributed by atoms with Crippen LogP contribution in [0.25, 0.3) is 5.00 Å². The van der Waals surface area contributed by atoms with Crippen LogP contribution in [0.5, 0.6) is 0 Å². The number of morpholine rings is 1. The zero-order chi connectivity index (χ0) is 15.7. The molecule has 1 amide bonds. The first kappa shape index (κ1) is 14.9. The number of ether oxygens (including phenoxy) is 1. The number of aromatic nitrogens is 4. The van der Waals surface area contributed by atoms with Gasteiger partial charge in [-0.2, -0.15) is 9.36 Å². The number of carbonyl (C=O) groups excluding carboxylic acids is 1. The summed E-state index contributed by atoms with van der Waals surface area (Å²) in [5.41, 5.74) is -0.412. The maximum Gasteiger partial charge on any atom is 0.369 e. The van der Waals surface area contributed by atoms with Gasteiger partial charge in [0.25, 0.3) is 0 Å². The Morgan fingerprint density at radius 3 is 3.00 bits per heavy atom. The Morgan fingerprint density at radius 1 is 1.45 bits per heavy atom. The Balaban J connectivity index is 1.76. The average Bonchev–Trinajstić information content (AvgIpc) is 3.12. The van der Waals surface area contributed by atoms with Gasteiger partial charge in [0.2, 0.25) is 5.91 Å². The second kappa shape index (κ2) is 6.01. The van der Waals surface area contributed by atoms with Crippen LogP contribution in [0, 0.1) is 0 Å². The Kier molecular flexibility index (Phi) is 4.08. The van der Waals surface area contributed by atoms with Gasteiger partial charge in [-0.05, 0) is 41.8 Å². The minimum Gasteiger partial charge on any atom is -0.375 e. The van der Waals surface area contributed by atoms with Crippen LogP contribution >= 0.6 is 11.3 Å². The van der Waals surface area contributed by atoms with E-state index in [0.29, 0.717) is 18.2 Å². The van der Waals surface area contributed by atoms with Gasteiger partial charge in [-0.1, -0.05) is 0 Å². The van der Waals surface area contributed by atoms with E-state index >= 15 is 0 Å². The van der Waals surface area contributed by atoms with Crippen LogP contribution in [-0.2, 0) is 16.1 Å². The largest absolute Gasteiger partial charge is 0.375 e. The standard InChI is InChI=1S/C13H17N5O3S/c1-9-8-21-10(2)6-16(9)11(19)7-17-13(20)18(15-14-17)12-4-3-5-22-12/h3-5,9-10H,6-8H2,1-2H3/t9-,10+/m1/s1. The Bertz CT molecular complexity index is 708. The summed E-state index contributed by atoms with van der Waals surface area (Å²) in [6, 6.07) is 3.60. The van der Waals surface area contributed by atoms with Crippen molar-refractivity contribution in [2.24, 2.45) is 0 Å². The molecule has 2 aromatic heterocycles. The van der Waals surface area contributed by atoms with E-state index in [9.17, 15) is 9.59 Å². The van der Waals surface area contributed by atoms with E-state index in [1.165, 1.54) is 16.0 Å². The van der Waals surface area contributed by atoms with Crippen molar-refractivity contribution < 1.29 is 9.53 Å². The van der Waals surface area contributed by atoms with Crippen molar-refractivity contribution >= 4 is 17.2 Å². The summed E-state index contributed by atoms with van der Waals surface area (Å²) in [6.45, 7) is 4.76. The number of tetrazole rings is 1. The highest BCUT2D eigenvalue weighted by Gasteiger charge is 2.28. The Hall–Kier alpha value is -2.00. The van der Waals surface area contributed by atoms with E-state index in [4.69, 9.17) is 4.74 Å². The summed E-state index contributed by atoms with van der Waals surface area (Å²) in [5.74, 6) is -0.150. The van der Waals surface area contributed by atoms with Gasteiger partial charge >= 0.3 is 5.69 Å². The molecule has 9 heteroatoms. The highest BCUT2D eigenvalue weighted by Crippen LogP contribution is 2.12. The smallest absolute Gasteiger partial charge is 0.369 e. The van der Waals surface area contributed by atoms with Crippen LogP contribution in [-0.4, -0.2) is 55.9 Å². The SMILES string of the molecule is C[C@@H]1CO[C@@H](C)CN1C(=O)Cn1nnn(-c2cccs2)c1=O. The summed E-state index contributed by atoms with van der Waals surface area (Å²) < 4.78 is 7.79. The van der Waals surface area contributed by atoms with E-state index in [-0.39, 0.29) is 24.6 Å². The topological polar surface area (TPSA) is 82.2 Å². The number of carbonyl (C=O) groups is 1. The fraction of sp³-hybridized carbons (Fsp3) is 0.538. The number of hydrogen-bond donors (Lipinski definition) is 0. The molecule has 0 radical (unpaired) electrons.